The molecule has 9 heteroatoms. The number of thioether (sulfide) groups is 1. The number of H-pyrrole nitrogens is 1. The number of carbonyl (C=O) groups is 1. The molecule has 0 saturated carbocycles. The van der Waals surface area contributed by atoms with Gasteiger partial charge < -0.3 is 20.9 Å². The Bertz CT molecular complexity index is 891. The van der Waals surface area contributed by atoms with Crippen molar-refractivity contribution in [2.75, 3.05) is 29.9 Å². The second-order valence-corrected chi connectivity index (χ2v) is 7.22. The third-order valence-corrected chi connectivity index (χ3v) is 5.01. The van der Waals surface area contributed by atoms with Crippen LogP contribution < -0.4 is 21.5 Å². The summed E-state index contributed by atoms with van der Waals surface area (Å²) in [6.45, 7) is 1.67. The minimum atomic E-state index is -0.299. The van der Waals surface area contributed by atoms with Crippen LogP contribution in [0.15, 0.2) is 40.3 Å². The molecule has 1 saturated heterocycles. The van der Waals surface area contributed by atoms with Crippen molar-refractivity contribution in [3.05, 3.63) is 46.2 Å². The van der Waals surface area contributed by atoms with Gasteiger partial charge in [0.2, 0.25) is 5.91 Å². The molecule has 1 amide bonds. The van der Waals surface area contributed by atoms with Gasteiger partial charge in [0.1, 0.15) is 10.9 Å². The molecule has 2 aromatic rings. The normalized spacial score (nSPS) is 14.0. The van der Waals surface area contributed by atoms with Crippen LogP contribution in [0.3, 0.4) is 0 Å². The molecule has 1 aromatic heterocycles. The van der Waals surface area contributed by atoms with Gasteiger partial charge in [-0.05, 0) is 43.2 Å². The fourth-order valence-electron chi connectivity index (χ4n) is 2.86. The Morgan fingerprint density at radius 1 is 1.30 bits per heavy atom. The molecule has 0 bridgehead atoms. The summed E-state index contributed by atoms with van der Waals surface area (Å²) in [5.41, 5.74) is 6.25. The first-order valence-corrected chi connectivity index (χ1v) is 9.60. The van der Waals surface area contributed by atoms with Gasteiger partial charge in [-0.3, -0.25) is 15.0 Å². The molecule has 0 unspecified atom stereocenters. The van der Waals surface area contributed by atoms with E-state index in [1.165, 1.54) is 12.5 Å². The largest absolute Gasteiger partial charge is 0.356 e. The first kappa shape index (κ1) is 19.1. The first-order chi connectivity index (χ1) is 13.0. The summed E-state index contributed by atoms with van der Waals surface area (Å²) >= 11 is 1.07. The minimum Gasteiger partial charge on any atom is -0.356 e. The molecule has 5 N–H and O–H groups in total. The Kier molecular flexibility index (Phi) is 6.25. The van der Waals surface area contributed by atoms with E-state index in [2.05, 4.69) is 20.2 Å². The lowest BCUT2D eigenvalue weighted by atomic mass is 10.1. The monoisotopic (exact) mass is 386 g/mol. The van der Waals surface area contributed by atoms with Crippen molar-refractivity contribution in [2.45, 2.75) is 24.4 Å². The molecule has 2 heterocycles. The van der Waals surface area contributed by atoms with E-state index < -0.39 is 0 Å². The van der Waals surface area contributed by atoms with E-state index in [1.54, 1.807) is 24.3 Å². The van der Waals surface area contributed by atoms with Gasteiger partial charge in [-0.15, -0.1) is 0 Å². The van der Waals surface area contributed by atoms with E-state index in [9.17, 15) is 9.59 Å². The summed E-state index contributed by atoms with van der Waals surface area (Å²) in [7, 11) is 0. The van der Waals surface area contributed by atoms with Gasteiger partial charge in [0.25, 0.3) is 5.56 Å². The molecular weight excluding hydrogens is 364 g/mol. The van der Waals surface area contributed by atoms with Crippen LogP contribution in [0.4, 0.5) is 11.5 Å². The number of aromatic amines is 1. The molecule has 0 radical (unpaired) electrons. The number of hydrogen-bond donors (Lipinski definition) is 4. The highest BCUT2D eigenvalue weighted by Crippen LogP contribution is 2.23. The van der Waals surface area contributed by atoms with Gasteiger partial charge in [0, 0.05) is 30.4 Å². The van der Waals surface area contributed by atoms with Gasteiger partial charge in [-0.1, -0.05) is 12.1 Å². The van der Waals surface area contributed by atoms with Gasteiger partial charge in [-0.2, -0.15) is 0 Å². The topological polar surface area (TPSA) is 128 Å². The molecule has 3 rings (SSSR count). The van der Waals surface area contributed by atoms with Gasteiger partial charge in [-0.25, -0.2) is 4.98 Å². The van der Waals surface area contributed by atoms with Crippen molar-refractivity contribution < 1.29 is 4.79 Å². The third kappa shape index (κ3) is 5.18. The van der Waals surface area contributed by atoms with Gasteiger partial charge >= 0.3 is 0 Å². The lowest BCUT2D eigenvalue weighted by Gasteiger charge is -2.27. The number of nitrogens with one attached hydrogen (secondary N) is 3. The molecule has 0 spiro atoms. The van der Waals surface area contributed by atoms with Crippen molar-refractivity contribution in [3.63, 3.8) is 0 Å². The fraction of sp³-hybridized carbons (Fsp3) is 0.333. The van der Waals surface area contributed by atoms with E-state index in [0.29, 0.717) is 22.2 Å². The van der Waals surface area contributed by atoms with Crippen molar-refractivity contribution in [3.8, 4) is 0 Å². The molecule has 1 aliphatic rings. The number of piperidine rings is 1. The molecular formula is C18H22N6O2S. The predicted octanol–water partition coefficient (Wildman–Crippen LogP) is 1.78. The Balaban J connectivity index is 1.76. The zero-order valence-electron chi connectivity index (χ0n) is 14.8. The summed E-state index contributed by atoms with van der Waals surface area (Å²) in [6.07, 6.45) is 3.38. The Morgan fingerprint density at radius 3 is 2.81 bits per heavy atom. The summed E-state index contributed by atoms with van der Waals surface area (Å²) in [5, 5.41) is 11.6. The zero-order valence-corrected chi connectivity index (χ0v) is 15.6. The standard InChI is InChI=1S/C18H22N6O2S/c19-11-16(26)21-13-6-4-5-12(9-13)17(20)27-18-22-14(10-15(25)23-18)24-7-2-1-3-8-24/h4-6,9-10,20H,1-3,7-8,11,19H2,(H,21,26)(H,22,23,25). The number of hydrogen-bond acceptors (Lipinski definition) is 7. The number of amides is 1. The molecule has 1 aliphatic heterocycles. The predicted molar refractivity (Wildman–Crippen MR) is 108 cm³/mol. The average Bonchev–Trinajstić information content (AvgIpc) is 2.68. The molecule has 142 valence electrons. The first-order valence-electron chi connectivity index (χ1n) is 8.78. The lowest BCUT2D eigenvalue weighted by molar-refractivity contribution is -0.114. The number of carbonyl (C=O) groups excluding carboxylic acids is 1. The summed E-state index contributed by atoms with van der Waals surface area (Å²) in [5.74, 6) is 0.351. The van der Waals surface area contributed by atoms with Crippen LogP contribution >= 0.6 is 11.8 Å². The van der Waals surface area contributed by atoms with Crippen molar-refractivity contribution in [1.29, 1.82) is 5.41 Å². The molecule has 1 fully saturated rings. The molecule has 8 nitrogen and oxygen atoms in total. The maximum Gasteiger partial charge on any atom is 0.253 e. The average molecular weight is 386 g/mol. The number of benzene rings is 1. The summed E-state index contributed by atoms with van der Waals surface area (Å²) in [6, 6.07) is 8.43. The van der Waals surface area contributed by atoms with Gasteiger partial charge in [0.05, 0.1) is 6.54 Å². The van der Waals surface area contributed by atoms with Crippen molar-refractivity contribution in [1.82, 2.24) is 9.97 Å². The second-order valence-electron chi connectivity index (χ2n) is 6.22. The Morgan fingerprint density at radius 2 is 2.07 bits per heavy atom. The second kappa shape index (κ2) is 8.83. The molecule has 0 atom stereocenters. The van der Waals surface area contributed by atoms with Crippen LogP contribution in [-0.2, 0) is 4.79 Å². The van der Waals surface area contributed by atoms with E-state index in [1.807, 2.05) is 0 Å². The lowest BCUT2D eigenvalue weighted by Crippen LogP contribution is -2.31. The highest BCUT2D eigenvalue weighted by molar-refractivity contribution is 8.14. The number of nitrogens with two attached hydrogens (primary N) is 1. The van der Waals surface area contributed by atoms with Crippen LogP contribution in [0.25, 0.3) is 0 Å². The quantitative estimate of drug-likeness (QED) is 0.268. The maximum atomic E-state index is 12.0. The van der Waals surface area contributed by atoms with Crippen molar-refractivity contribution >= 4 is 34.2 Å². The number of anilines is 2. The van der Waals surface area contributed by atoms with Crippen LogP contribution in [0.2, 0.25) is 0 Å². The van der Waals surface area contributed by atoms with Crippen LogP contribution in [-0.4, -0.2) is 40.6 Å². The maximum absolute atomic E-state index is 12.0. The fourth-order valence-corrected chi connectivity index (χ4v) is 3.59. The number of aromatic nitrogens is 2. The van der Waals surface area contributed by atoms with E-state index in [0.717, 1.165) is 37.7 Å². The van der Waals surface area contributed by atoms with E-state index in [4.69, 9.17) is 11.1 Å². The smallest absolute Gasteiger partial charge is 0.253 e. The number of rotatable bonds is 5. The zero-order chi connectivity index (χ0) is 19.2. The molecule has 1 aromatic carbocycles. The van der Waals surface area contributed by atoms with Gasteiger partial charge in [0.15, 0.2) is 5.16 Å². The van der Waals surface area contributed by atoms with Crippen molar-refractivity contribution in [2.24, 2.45) is 5.73 Å². The Labute approximate surface area is 161 Å². The minimum absolute atomic E-state index is 0.106. The van der Waals surface area contributed by atoms with Crippen LogP contribution in [0, 0.1) is 5.41 Å². The van der Waals surface area contributed by atoms with Crippen LogP contribution in [0.5, 0.6) is 0 Å². The Hall–Kier alpha value is -2.65. The highest BCUT2D eigenvalue weighted by Gasteiger charge is 2.15. The molecule has 0 aliphatic carbocycles. The highest BCUT2D eigenvalue weighted by atomic mass is 32.2. The third-order valence-electron chi connectivity index (χ3n) is 4.18. The summed E-state index contributed by atoms with van der Waals surface area (Å²) < 4.78 is 0. The molecule has 27 heavy (non-hydrogen) atoms. The van der Waals surface area contributed by atoms with E-state index in [-0.39, 0.29) is 23.1 Å². The SMILES string of the molecule is N=C(Sc1nc(N2CCCCC2)cc(=O)[nH]1)c1cccc(NC(=O)CN)c1. The van der Waals surface area contributed by atoms with Crippen LogP contribution in [0.1, 0.15) is 24.8 Å². The number of nitrogens with zero attached hydrogens (tertiary/aromatic N) is 2. The van der Waals surface area contributed by atoms with E-state index >= 15 is 0 Å². The summed E-state index contributed by atoms with van der Waals surface area (Å²) in [4.78, 5) is 32.7.